The zero-order chi connectivity index (χ0) is 14.4. The minimum atomic E-state index is 0.356. The second kappa shape index (κ2) is 7.63. The molecule has 1 saturated carbocycles. The third-order valence-electron chi connectivity index (χ3n) is 4.15. The van der Waals surface area contributed by atoms with Crippen LogP contribution in [-0.4, -0.2) is 17.1 Å². The van der Waals surface area contributed by atoms with Crippen LogP contribution in [0.3, 0.4) is 0 Å². The Bertz CT molecular complexity index is 406. The van der Waals surface area contributed by atoms with Crippen LogP contribution < -0.4 is 10.1 Å². The van der Waals surface area contributed by atoms with E-state index in [9.17, 15) is 0 Å². The average molecular weight is 276 g/mol. The van der Waals surface area contributed by atoms with Crippen molar-refractivity contribution in [2.75, 3.05) is 0 Å². The van der Waals surface area contributed by atoms with Gasteiger partial charge < -0.3 is 10.1 Å². The van der Waals surface area contributed by atoms with Gasteiger partial charge >= 0.3 is 0 Å². The van der Waals surface area contributed by atoms with Gasteiger partial charge in [0.05, 0.1) is 0 Å². The summed E-state index contributed by atoms with van der Waals surface area (Å²) in [5.74, 6) is 1.49. The molecule has 1 aromatic heterocycles. The van der Waals surface area contributed by atoms with Crippen LogP contribution in [0.5, 0.6) is 5.88 Å². The first-order valence-electron chi connectivity index (χ1n) is 8.04. The molecule has 3 heteroatoms. The van der Waals surface area contributed by atoms with Crippen LogP contribution in [0, 0.1) is 5.92 Å². The molecule has 1 aliphatic rings. The van der Waals surface area contributed by atoms with Gasteiger partial charge in [0.25, 0.3) is 0 Å². The Morgan fingerprint density at radius 3 is 2.90 bits per heavy atom. The molecule has 20 heavy (non-hydrogen) atoms. The van der Waals surface area contributed by atoms with Gasteiger partial charge in [-0.3, -0.25) is 0 Å². The van der Waals surface area contributed by atoms with Crippen LogP contribution in [0.15, 0.2) is 18.3 Å². The number of nitrogens with one attached hydrogen (secondary N) is 1. The summed E-state index contributed by atoms with van der Waals surface area (Å²) in [7, 11) is 0. The van der Waals surface area contributed by atoms with Crippen molar-refractivity contribution < 1.29 is 4.74 Å². The average Bonchev–Trinajstić information content (AvgIpc) is 2.46. The van der Waals surface area contributed by atoms with Crippen molar-refractivity contribution in [3.8, 4) is 5.88 Å². The lowest BCUT2D eigenvalue weighted by molar-refractivity contribution is 0.0857. The molecule has 1 aromatic rings. The van der Waals surface area contributed by atoms with Crippen molar-refractivity contribution in [3.63, 3.8) is 0 Å². The monoisotopic (exact) mass is 276 g/mol. The van der Waals surface area contributed by atoms with Crippen LogP contribution in [0.2, 0.25) is 0 Å². The predicted molar refractivity (Wildman–Crippen MR) is 82.9 cm³/mol. The highest BCUT2D eigenvalue weighted by Crippen LogP contribution is 2.30. The number of hydrogen-bond donors (Lipinski definition) is 1. The molecule has 0 radical (unpaired) electrons. The first-order valence-corrected chi connectivity index (χ1v) is 8.04. The van der Waals surface area contributed by atoms with Gasteiger partial charge in [0, 0.05) is 24.8 Å². The van der Waals surface area contributed by atoms with Crippen molar-refractivity contribution in [1.29, 1.82) is 0 Å². The molecule has 0 aliphatic heterocycles. The fraction of sp³-hybridized carbons (Fsp3) is 0.706. The number of nitrogens with zero attached hydrogens (tertiary/aromatic N) is 1. The molecule has 112 valence electrons. The topological polar surface area (TPSA) is 34.1 Å². The highest BCUT2D eigenvalue weighted by molar-refractivity contribution is 5.20. The number of pyridine rings is 1. The van der Waals surface area contributed by atoms with E-state index in [1.54, 1.807) is 0 Å². The Balaban J connectivity index is 1.96. The molecule has 1 fully saturated rings. The Labute approximate surface area is 123 Å². The second-order valence-corrected chi connectivity index (χ2v) is 6.15. The van der Waals surface area contributed by atoms with Crippen molar-refractivity contribution in [1.82, 2.24) is 10.3 Å². The maximum atomic E-state index is 6.17. The lowest BCUT2D eigenvalue weighted by atomic mass is 9.85. The SMILES string of the molecule is CCC1CCCCC1Oc1cc(CNC(C)C)ccn1. The maximum absolute atomic E-state index is 6.17. The highest BCUT2D eigenvalue weighted by Gasteiger charge is 2.25. The van der Waals surface area contributed by atoms with E-state index in [2.05, 4.69) is 43.2 Å². The second-order valence-electron chi connectivity index (χ2n) is 6.15. The molecule has 1 aliphatic carbocycles. The van der Waals surface area contributed by atoms with E-state index in [1.165, 1.54) is 37.7 Å². The zero-order valence-electron chi connectivity index (χ0n) is 13.1. The first kappa shape index (κ1) is 15.3. The van der Waals surface area contributed by atoms with E-state index < -0.39 is 0 Å². The fourth-order valence-electron chi connectivity index (χ4n) is 2.90. The number of rotatable bonds is 6. The Morgan fingerprint density at radius 2 is 2.15 bits per heavy atom. The molecule has 0 saturated heterocycles. The minimum Gasteiger partial charge on any atom is -0.474 e. The van der Waals surface area contributed by atoms with Crippen molar-refractivity contribution >= 4 is 0 Å². The molecular weight excluding hydrogens is 248 g/mol. The summed E-state index contributed by atoms with van der Waals surface area (Å²) in [6.45, 7) is 7.46. The molecule has 0 bridgehead atoms. The highest BCUT2D eigenvalue weighted by atomic mass is 16.5. The number of ether oxygens (including phenoxy) is 1. The summed E-state index contributed by atoms with van der Waals surface area (Å²) in [4.78, 5) is 4.38. The van der Waals surface area contributed by atoms with E-state index in [1.807, 2.05) is 6.20 Å². The number of aromatic nitrogens is 1. The van der Waals surface area contributed by atoms with Gasteiger partial charge in [-0.25, -0.2) is 4.98 Å². The summed E-state index contributed by atoms with van der Waals surface area (Å²) in [5, 5.41) is 3.43. The van der Waals surface area contributed by atoms with Gasteiger partial charge in [-0.1, -0.05) is 27.2 Å². The zero-order valence-corrected chi connectivity index (χ0v) is 13.1. The number of hydrogen-bond acceptors (Lipinski definition) is 3. The van der Waals surface area contributed by atoms with Crippen LogP contribution in [0.4, 0.5) is 0 Å². The van der Waals surface area contributed by atoms with E-state index in [4.69, 9.17) is 4.74 Å². The molecule has 0 amide bonds. The van der Waals surface area contributed by atoms with Gasteiger partial charge in [-0.05, 0) is 43.2 Å². The van der Waals surface area contributed by atoms with Crippen molar-refractivity contribution in [2.24, 2.45) is 5.92 Å². The Hall–Kier alpha value is -1.09. The predicted octanol–water partition coefficient (Wildman–Crippen LogP) is 3.93. The van der Waals surface area contributed by atoms with Crippen molar-refractivity contribution in [3.05, 3.63) is 23.9 Å². The van der Waals surface area contributed by atoms with Crippen LogP contribution in [0.1, 0.15) is 58.4 Å². The smallest absolute Gasteiger partial charge is 0.213 e. The van der Waals surface area contributed by atoms with E-state index in [-0.39, 0.29) is 0 Å². The third-order valence-corrected chi connectivity index (χ3v) is 4.15. The molecule has 1 heterocycles. The molecule has 1 N–H and O–H groups in total. The fourth-order valence-corrected chi connectivity index (χ4v) is 2.90. The van der Waals surface area contributed by atoms with Gasteiger partial charge in [0.15, 0.2) is 0 Å². The minimum absolute atomic E-state index is 0.356. The van der Waals surface area contributed by atoms with Crippen LogP contribution in [0.25, 0.3) is 0 Å². The summed E-state index contributed by atoms with van der Waals surface area (Å²) < 4.78 is 6.17. The summed E-state index contributed by atoms with van der Waals surface area (Å²) in [6.07, 6.45) is 8.54. The Kier molecular flexibility index (Phi) is 5.84. The normalized spacial score (nSPS) is 23.0. The van der Waals surface area contributed by atoms with Gasteiger partial charge in [-0.15, -0.1) is 0 Å². The lowest BCUT2D eigenvalue weighted by Crippen LogP contribution is -2.30. The molecule has 0 spiro atoms. The van der Waals surface area contributed by atoms with Gasteiger partial charge in [-0.2, -0.15) is 0 Å². The lowest BCUT2D eigenvalue weighted by Gasteiger charge is -2.30. The van der Waals surface area contributed by atoms with Gasteiger partial charge in [0.2, 0.25) is 5.88 Å². The van der Waals surface area contributed by atoms with Crippen LogP contribution >= 0.6 is 0 Å². The summed E-state index contributed by atoms with van der Waals surface area (Å²) in [6, 6.07) is 4.63. The molecule has 2 rings (SSSR count). The van der Waals surface area contributed by atoms with E-state index in [0.717, 1.165) is 12.4 Å². The Morgan fingerprint density at radius 1 is 1.35 bits per heavy atom. The van der Waals surface area contributed by atoms with E-state index in [0.29, 0.717) is 18.1 Å². The largest absolute Gasteiger partial charge is 0.474 e. The molecular formula is C17H28N2O. The molecule has 0 aromatic carbocycles. The molecule has 2 atom stereocenters. The third kappa shape index (κ3) is 4.48. The van der Waals surface area contributed by atoms with Crippen molar-refractivity contribution in [2.45, 2.75) is 71.6 Å². The van der Waals surface area contributed by atoms with E-state index >= 15 is 0 Å². The molecule has 3 nitrogen and oxygen atoms in total. The van der Waals surface area contributed by atoms with Crippen LogP contribution in [-0.2, 0) is 6.54 Å². The summed E-state index contributed by atoms with van der Waals surface area (Å²) >= 11 is 0. The standard InChI is InChI=1S/C17H28N2O/c1-4-15-7-5-6-8-16(15)20-17-11-14(9-10-18-17)12-19-13(2)3/h9-11,13,15-16,19H,4-8,12H2,1-3H3. The summed E-state index contributed by atoms with van der Waals surface area (Å²) in [5.41, 5.74) is 1.24. The maximum Gasteiger partial charge on any atom is 0.213 e. The van der Waals surface area contributed by atoms with Gasteiger partial charge in [0.1, 0.15) is 6.10 Å². The quantitative estimate of drug-likeness (QED) is 0.855. The first-order chi connectivity index (χ1) is 9.69. The molecule has 2 unspecified atom stereocenters.